The first kappa shape index (κ1) is 17.2. The molecule has 1 aromatic carbocycles. The van der Waals surface area contributed by atoms with Crippen molar-refractivity contribution in [1.29, 1.82) is 0 Å². The second-order valence-electron chi connectivity index (χ2n) is 6.91. The molecule has 3 nitrogen and oxygen atoms in total. The SMILES string of the molecule is CC(C)(C)OC(=O)N1CCC(CSCc2ccccc2)CC1. The van der Waals surface area contributed by atoms with Gasteiger partial charge in [0.05, 0.1) is 0 Å². The lowest BCUT2D eigenvalue weighted by molar-refractivity contribution is 0.0191. The van der Waals surface area contributed by atoms with Crippen molar-refractivity contribution >= 4 is 17.9 Å². The summed E-state index contributed by atoms with van der Waals surface area (Å²) < 4.78 is 5.43. The van der Waals surface area contributed by atoms with Crippen molar-refractivity contribution in [2.45, 2.75) is 45.0 Å². The first-order valence-electron chi connectivity index (χ1n) is 8.03. The summed E-state index contributed by atoms with van der Waals surface area (Å²) in [7, 11) is 0. The largest absolute Gasteiger partial charge is 0.444 e. The van der Waals surface area contributed by atoms with Crippen LogP contribution in [0.1, 0.15) is 39.2 Å². The van der Waals surface area contributed by atoms with Crippen LogP contribution in [0, 0.1) is 5.92 Å². The molecule has 2 rings (SSSR count). The molecule has 122 valence electrons. The third-order valence-electron chi connectivity index (χ3n) is 3.73. The van der Waals surface area contributed by atoms with Gasteiger partial charge < -0.3 is 9.64 Å². The van der Waals surface area contributed by atoms with Crippen molar-refractivity contribution in [3.05, 3.63) is 35.9 Å². The Hall–Kier alpha value is -1.16. The van der Waals surface area contributed by atoms with E-state index in [1.807, 2.05) is 37.4 Å². The molecule has 1 aromatic rings. The van der Waals surface area contributed by atoms with Gasteiger partial charge in [-0.2, -0.15) is 11.8 Å². The number of rotatable bonds is 4. The molecule has 0 unspecified atom stereocenters. The molecule has 4 heteroatoms. The van der Waals surface area contributed by atoms with Crippen molar-refractivity contribution in [3.63, 3.8) is 0 Å². The van der Waals surface area contributed by atoms with E-state index < -0.39 is 5.60 Å². The fourth-order valence-corrected chi connectivity index (χ4v) is 3.74. The second-order valence-corrected chi connectivity index (χ2v) is 7.94. The van der Waals surface area contributed by atoms with Gasteiger partial charge in [-0.15, -0.1) is 0 Å². The van der Waals surface area contributed by atoms with Crippen LogP contribution in [-0.2, 0) is 10.5 Å². The lowest BCUT2D eigenvalue weighted by atomic mass is 9.99. The highest BCUT2D eigenvalue weighted by atomic mass is 32.2. The first-order valence-corrected chi connectivity index (χ1v) is 9.19. The van der Waals surface area contributed by atoms with Crippen LogP contribution in [-0.4, -0.2) is 35.4 Å². The quantitative estimate of drug-likeness (QED) is 0.814. The number of nitrogens with zero attached hydrogens (tertiary/aromatic N) is 1. The Morgan fingerprint density at radius 2 is 1.86 bits per heavy atom. The number of benzene rings is 1. The molecule has 1 saturated heterocycles. The average molecular weight is 321 g/mol. The Balaban J connectivity index is 1.66. The fourth-order valence-electron chi connectivity index (χ4n) is 2.53. The van der Waals surface area contributed by atoms with Crippen LogP contribution in [0.15, 0.2) is 30.3 Å². The Bertz CT molecular complexity index is 462. The van der Waals surface area contributed by atoms with Crippen molar-refractivity contribution in [2.24, 2.45) is 5.92 Å². The summed E-state index contributed by atoms with van der Waals surface area (Å²) in [6.45, 7) is 7.39. The Labute approximate surface area is 138 Å². The predicted molar refractivity (Wildman–Crippen MR) is 93.1 cm³/mol. The number of likely N-dealkylation sites (tertiary alicyclic amines) is 1. The highest BCUT2D eigenvalue weighted by Crippen LogP contribution is 2.24. The van der Waals surface area contributed by atoms with E-state index in [1.165, 1.54) is 11.3 Å². The molecule has 0 radical (unpaired) electrons. The molecule has 0 spiro atoms. The van der Waals surface area contributed by atoms with Gasteiger partial charge in [0.2, 0.25) is 0 Å². The van der Waals surface area contributed by atoms with E-state index in [4.69, 9.17) is 4.74 Å². The molecular formula is C18H27NO2S. The Morgan fingerprint density at radius 1 is 1.23 bits per heavy atom. The summed E-state index contributed by atoms with van der Waals surface area (Å²) in [6.07, 6.45) is 2.00. The molecule has 0 atom stereocenters. The number of thioether (sulfide) groups is 1. The summed E-state index contributed by atoms with van der Waals surface area (Å²) in [5, 5.41) is 0. The molecule has 1 aliphatic rings. The topological polar surface area (TPSA) is 29.5 Å². The maximum atomic E-state index is 12.0. The van der Waals surface area contributed by atoms with Crippen LogP contribution in [0.2, 0.25) is 0 Å². The molecule has 22 heavy (non-hydrogen) atoms. The van der Waals surface area contributed by atoms with E-state index in [0.29, 0.717) is 5.92 Å². The minimum Gasteiger partial charge on any atom is -0.444 e. The van der Waals surface area contributed by atoms with Crippen LogP contribution >= 0.6 is 11.8 Å². The third kappa shape index (κ3) is 5.91. The summed E-state index contributed by atoms with van der Waals surface area (Å²) in [5.74, 6) is 2.97. The van der Waals surface area contributed by atoms with Gasteiger partial charge in [-0.25, -0.2) is 4.79 Å². The maximum Gasteiger partial charge on any atom is 0.410 e. The fraction of sp³-hybridized carbons (Fsp3) is 0.611. The molecule has 1 aliphatic heterocycles. The van der Waals surface area contributed by atoms with Crippen molar-refractivity contribution in [3.8, 4) is 0 Å². The zero-order chi connectivity index (χ0) is 16.0. The van der Waals surface area contributed by atoms with Gasteiger partial charge in [-0.3, -0.25) is 0 Å². The third-order valence-corrected chi connectivity index (χ3v) is 4.98. The van der Waals surface area contributed by atoms with E-state index in [-0.39, 0.29) is 6.09 Å². The number of ether oxygens (including phenoxy) is 1. The van der Waals surface area contributed by atoms with Crippen molar-refractivity contribution in [2.75, 3.05) is 18.8 Å². The number of hydrogen-bond donors (Lipinski definition) is 0. The lowest BCUT2D eigenvalue weighted by Crippen LogP contribution is -2.42. The highest BCUT2D eigenvalue weighted by molar-refractivity contribution is 7.98. The summed E-state index contributed by atoms with van der Waals surface area (Å²) in [5.41, 5.74) is 0.984. The second kappa shape index (κ2) is 7.91. The predicted octanol–water partition coefficient (Wildman–Crippen LogP) is 4.57. The summed E-state index contributed by atoms with van der Waals surface area (Å²) >= 11 is 2.00. The Kier molecular flexibility index (Phi) is 6.18. The number of carbonyl (C=O) groups is 1. The molecule has 0 aliphatic carbocycles. The van der Waals surface area contributed by atoms with E-state index >= 15 is 0 Å². The van der Waals surface area contributed by atoms with Gasteiger partial charge in [0.1, 0.15) is 5.60 Å². The molecule has 1 fully saturated rings. The number of piperidine rings is 1. The molecule has 0 aromatic heterocycles. The molecule has 0 N–H and O–H groups in total. The number of amides is 1. The van der Waals surface area contributed by atoms with Crippen LogP contribution < -0.4 is 0 Å². The van der Waals surface area contributed by atoms with E-state index in [9.17, 15) is 4.79 Å². The van der Waals surface area contributed by atoms with E-state index in [1.54, 1.807) is 0 Å². The van der Waals surface area contributed by atoms with Crippen molar-refractivity contribution in [1.82, 2.24) is 4.90 Å². The average Bonchev–Trinajstić information content (AvgIpc) is 2.47. The molecule has 1 heterocycles. The monoisotopic (exact) mass is 321 g/mol. The van der Waals surface area contributed by atoms with E-state index in [2.05, 4.69) is 30.3 Å². The summed E-state index contributed by atoms with van der Waals surface area (Å²) in [4.78, 5) is 13.9. The van der Waals surface area contributed by atoms with Gasteiger partial charge in [-0.1, -0.05) is 30.3 Å². The molecule has 0 bridgehead atoms. The highest BCUT2D eigenvalue weighted by Gasteiger charge is 2.26. The standard InChI is InChI=1S/C18H27NO2S/c1-18(2,3)21-17(20)19-11-9-16(10-12-19)14-22-13-15-7-5-4-6-8-15/h4-8,16H,9-14H2,1-3H3. The van der Waals surface area contributed by atoms with Gasteiger partial charge in [0.15, 0.2) is 0 Å². The smallest absolute Gasteiger partial charge is 0.410 e. The minimum absolute atomic E-state index is 0.164. The van der Waals surface area contributed by atoms with Crippen LogP contribution in [0.4, 0.5) is 4.79 Å². The van der Waals surface area contributed by atoms with Gasteiger partial charge in [0, 0.05) is 18.8 Å². The Morgan fingerprint density at radius 3 is 2.45 bits per heavy atom. The van der Waals surface area contributed by atoms with Gasteiger partial charge in [0.25, 0.3) is 0 Å². The minimum atomic E-state index is -0.403. The lowest BCUT2D eigenvalue weighted by Gasteiger charge is -2.33. The van der Waals surface area contributed by atoms with E-state index in [0.717, 1.165) is 31.7 Å². The molecule has 0 saturated carbocycles. The zero-order valence-electron chi connectivity index (χ0n) is 13.9. The zero-order valence-corrected chi connectivity index (χ0v) is 14.7. The number of hydrogen-bond acceptors (Lipinski definition) is 3. The van der Waals surface area contributed by atoms with Gasteiger partial charge in [-0.05, 0) is 50.8 Å². The van der Waals surface area contributed by atoms with Crippen LogP contribution in [0.5, 0.6) is 0 Å². The van der Waals surface area contributed by atoms with Gasteiger partial charge >= 0.3 is 6.09 Å². The maximum absolute atomic E-state index is 12.0. The van der Waals surface area contributed by atoms with Crippen molar-refractivity contribution < 1.29 is 9.53 Å². The number of carbonyl (C=O) groups excluding carboxylic acids is 1. The van der Waals surface area contributed by atoms with Crippen LogP contribution in [0.25, 0.3) is 0 Å². The van der Waals surface area contributed by atoms with Crippen LogP contribution in [0.3, 0.4) is 0 Å². The molecule has 1 amide bonds. The summed E-state index contributed by atoms with van der Waals surface area (Å²) in [6, 6.07) is 10.6. The molecular weight excluding hydrogens is 294 g/mol. The normalized spacial score (nSPS) is 16.6. The first-order chi connectivity index (χ1) is 10.4.